The van der Waals surface area contributed by atoms with E-state index in [1.807, 2.05) is 21.0 Å². The average Bonchev–Trinajstić information content (AvgIpc) is 2.30. The number of rotatable bonds is 6. The molecule has 0 aliphatic carbocycles. The van der Waals surface area contributed by atoms with Crippen LogP contribution in [0.15, 0.2) is 18.2 Å². The Kier molecular flexibility index (Phi) is 5.69. The highest BCUT2D eigenvalue weighted by atomic mass is 19.2. The molecule has 0 aliphatic heterocycles. The van der Waals surface area contributed by atoms with Crippen LogP contribution >= 0.6 is 0 Å². The molecule has 0 fully saturated rings. The fraction of sp³-hybridized carbons (Fsp3) is 0.571. The Hall–Kier alpha value is -1.00. The Balaban J connectivity index is 2.53. The first-order chi connectivity index (χ1) is 8.40. The van der Waals surface area contributed by atoms with Gasteiger partial charge in [0.1, 0.15) is 0 Å². The molecule has 1 rings (SSSR count). The van der Waals surface area contributed by atoms with E-state index in [1.54, 1.807) is 6.07 Å². The highest BCUT2D eigenvalue weighted by Crippen LogP contribution is 2.16. The van der Waals surface area contributed by atoms with Crippen molar-refractivity contribution in [3.8, 4) is 0 Å². The smallest absolute Gasteiger partial charge is 0.159 e. The van der Waals surface area contributed by atoms with Crippen LogP contribution in [0.2, 0.25) is 0 Å². The van der Waals surface area contributed by atoms with E-state index in [9.17, 15) is 8.78 Å². The maximum Gasteiger partial charge on any atom is 0.159 e. The van der Waals surface area contributed by atoms with Gasteiger partial charge in [0.05, 0.1) is 0 Å². The molecule has 2 unspecified atom stereocenters. The summed E-state index contributed by atoms with van der Waals surface area (Å²) < 4.78 is 26.0. The van der Waals surface area contributed by atoms with Crippen molar-refractivity contribution in [2.75, 3.05) is 20.6 Å². The zero-order valence-electron chi connectivity index (χ0n) is 11.5. The zero-order valence-corrected chi connectivity index (χ0v) is 11.5. The van der Waals surface area contributed by atoms with E-state index in [-0.39, 0.29) is 6.04 Å². The van der Waals surface area contributed by atoms with Crippen molar-refractivity contribution in [1.82, 2.24) is 10.2 Å². The van der Waals surface area contributed by atoms with Crippen molar-refractivity contribution in [3.05, 3.63) is 35.4 Å². The molecule has 4 heteroatoms. The number of nitrogens with zero attached hydrogens (tertiary/aromatic N) is 1. The third kappa shape index (κ3) is 4.70. The van der Waals surface area contributed by atoms with E-state index in [1.165, 1.54) is 12.1 Å². The van der Waals surface area contributed by atoms with Gasteiger partial charge in [0.15, 0.2) is 11.6 Å². The zero-order chi connectivity index (χ0) is 13.7. The Morgan fingerprint density at radius 3 is 2.39 bits per heavy atom. The summed E-state index contributed by atoms with van der Waals surface area (Å²) >= 11 is 0. The first kappa shape index (κ1) is 15.1. The van der Waals surface area contributed by atoms with Gasteiger partial charge in [0, 0.05) is 12.1 Å². The predicted octanol–water partition coefficient (Wildman–Crippen LogP) is 2.96. The van der Waals surface area contributed by atoms with Gasteiger partial charge in [-0.2, -0.15) is 0 Å². The molecule has 1 aromatic rings. The third-order valence-electron chi connectivity index (χ3n) is 2.99. The molecular weight excluding hydrogens is 234 g/mol. The average molecular weight is 256 g/mol. The van der Waals surface area contributed by atoms with Crippen LogP contribution in [-0.4, -0.2) is 31.6 Å². The molecule has 0 heterocycles. The van der Waals surface area contributed by atoms with E-state index >= 15 is 0 Å². The van der Waals surface area contributed by atoms with Crippen LogP contribution in [0.1, 0.15) is 31.9 Å². The molecule has 0 spiro atoms. The summed E-state index contributed by atoms with van der Waals surface area (Å²) in [5.74, 6) is -1.59. The normalized spacial score (nSPS) is 14.8. The lowest BCUT2D eigenvalue weighted by molar-refractivity contribution is 0.354. The Morgan fingerprint density at radius 1 is 1.17 bits per heavy atom. The lowest BCUT2D eigenvalue weighted by Crippen LogP contribution is -2.31. The summed E-state index contributed by atoms with van der Waals surface area (Å²) in [7, 11) is 4.07. The molecule has 0 aliphatic rings. The van der Waals surface area contributed by atoms with Gasteiger partial charge in [-0.3, -0.25) is 0 Å². The van der Waals surface area contributed by atoms with Crippen LogP contribution in [0.4, 0.5) is 8.78 Å². The topological polar surface area (TPSA) is 15.3 Å². The maximum absolute atomic E-state index is 13.1. The number of hydrogen-bond donors (Lipinski definition) is 1. The largest absolute Gasteiger partial charge is 0.309 e. The second kappa shape index (κ2) is 6.81. The minimum atomic E-state index is -0.799. The third-order valence-corrected chi connectivity index (χ3v) is 2.99. The number of hydrogen-bond acceptors (Lipinski definition) is 2. The van der Waals surface area contributed by atoms with E-state index in [0.717, 1.165) is 18.5 Å². The van der Waals surface area contributed by atoms with Crippen LogP contribution in [0.25, 0.3) is 0 Å². The van der Waals surface area contributed by atoms with Gasteiger partial charge in [-0.05, 0) is 58.6 Å². The second-order valence-corrected chi connectivity index (χ2v) is 5.05. The molecule has 2 nitrogen and oxygen atoms in total. The molecule has 1 aromatic carbocycles. The van der Waals surface area contributed by atoms with Gasteiger partial charge in [0.2, 0.25) is 0 Å². The van der Waals surface area contributed by atoms with Crippen LogP contribution in [-0.2, 0) is 0 Å². The lowest BCUT2D eigenvalue weighted by Gasteiger charge is -2.22. The Labute approximate surface area is 108 Å². The maximum atomic E-state index is 13.1. The monoisotopic (exact) mass is 256 g/mol. The minimum Gasteiger partial charge on any atom is -0.309 e. The predicted molar refractivity (Wildman–Crippen MR) is 70.5 cm³/mol. The molecule has 0 saturated heterocycles. The van der Waals surface area contributed by atoms with Crippen LogP contribution in [0, 0.1) is 11.6 Å². The molecule has 102 valence electrons. The van der Waals surface area contributed by atoms with Gasteiger partial charge < -0.3 is 10.2 Å². The molecule has 0 saturated carbocycles. The summed E-state index contributed by atoms with van der Waals surface area (Å²) in [5, 5.41) is 3.38. The number of nitrogens with one attached hydrogen (secondary N) is 1. The number of benzene rings is 1. The van der Waals surface area contributed by atoms with Crippen molar-refractivity contribution >= 4 is 0 Å². The molecule has 18 heavy (non-hydrogen) atoms. The second-order valence-electron chi connectivity index (χ2n) is 5.05. The van der Waals surface area contributed by atoms with Gasteiger partial charge in [-0.1, -0.05) is 6.07 Å². The summed E-state index contributed by atoms with van der Waals surface area (Å²) in [6, 6.07) is 4.39. The minimum absolute atomic E-state index is 0.0114. The standard InChI is InChI=1S/C14H22F2N2/c1-10(7-8-18(3)4)17-11(2)12-5-6-13(15)14(16)9-12/h5-6,9-11,17H,7-8H2,1-4H3. The van der Waals surface area contributed by atoms with Crippen molar-refractivity contribution < 1.29 is 8.78 Å². The van der Waals surface area contributed by atoms with Gasteiger partial charge >= 0.3 is 0 Å². The molecule has 0 aromatic heterocycles. The fourth-order valence-electron chi connectivity index (χ4n) is 1.84. The first-order valence-corrected chi connectivity index (χ1v) is 6.26. The molecule has 1 N–H and O–H groups in total. The highest BCUT2D eigenvalue weighted by Gasteiger charge is 2.11. The van der Waals surface area contributed by atoms with Gasteiger partial charge in [-0.25, -0.2) is 8.78 Å². The van der Waals surface area contributed by atoms with Crippen LogP contribution < -0.4 is 5.32 Å². The van der Waals surface area contributed by atoms with E-state index < -0.39 is 11.6 Å². The summed E-state index contributed by atoms with van der Waals surface area (Å²) in [6.45, 7) is 5.05. The summed E-state index contributed by atoms with van der Waals surface area (Å²) in [4.78, 5) is 2.13. The molecule has 0 amide bonds. The van der Waals surface area contributed by atoms with Crippen molar-refractivity contribution in [2.45, 2.75) is 32.4 Å². The van der Waals surface area contributed by atoms with Gasteiger partial charge in [0.25, 0.3) is 0 Å². The Morgan fingerprint density at radius 2 is 1.83 bits per heavy atom. The Bertz CT molecular complexity index is 380. The first-order valence-electron chi connectivity index (χ1n) is 6.26. The molecule has 0 radical (unpaired) electrons. The van der Waals surface area contributed by atoms with Crippen LogP contribution in [0.5, 0.6) is 0 Å². The van der Waals surface area contributed by atoms with Gasteiger partial charge in [-0.15, -0.1) is 0 Å². The molecule has 0 bridgehead atoms. The summed E-state index contributed by atoms with van der Waals surface area (Å²) in [5.41, 5.74) is 0.769. The lowest BCUT2D eigenvalue weighted by atomic mass is 10.1. The SMILES string of the molecule is CC(CCN(C)C)NC(C)c1ccc(F)c(F)c1. The van der Waals surface area contributed by atoms with Crippen molar-refractivity contribution in [3.63, 3.8) is 0 Å². The quantitative estimate of drug-likeness (QED) is 0.842. The molecule has 2 atom stereocenters. The van der Waals surface area contributed by atoms with E-state index in [2.05, 4.69) is 17.1 Å². The number of halogens is 2. The van der Waals surface area contributed by atoms with E-state index in [0.29, 0.717) is 6.04 Å². The highest BCUT2D eigenvalue weighted by molar-refractivity contribution is 5.20. The molecular formula is C14H22F2N2. The van der Waals surface area contributed by atoms with E-state index in [4.69, 9.17) is 0 Å². The fourth-order valence-corrected chi connectivity index (χ4v) is 1.84. The van der Waals surface area contributed by atoms with Crippen molar-refractivity contribution in [2.24, 2.45) is 0 Å². The van der Waals surface area contributed by atoms with Crippen LogP contribution in [0.3, 0.4) is 0 Å². The van der Waals surface area contributed by atoms with Crippen molar-refractivity contribution in [1.29, 1.82) is 0 Å². The summed E-state index contributed by atoms with van der Waals surface area (Å²) in [6.07, 6.45) is 1.01.